The molecule has 0 saturated heterocycles. The Balaban J connectivity index is 2.01. The number of anilines is 1. The van der Waals surface area contributed by atoms with Crippen molar-refractivity contribution < 1.29 is 9.47 Å². The van der Waals surface area contributed by atoms with Gasteiger partial charge < -0.3 is 14.8 Å². The Morgan fingerprint density at radius 1 is 1.17 bits per heavy atom. The van der Waals surface area contributed by atoms with E-state index in [-0.39, 0.29) is 0 Å². The van der Waals surface area contributed by atoms with Gasteiger partial charge in [0.2, 0.25) is 0 Å². The summed E-state index contributed by atoms with van der Waals surface area (Å²) in [6.45, 7) is 0.504. The standard InChI is InChI=1S/C14H16N2O2/c1-15-14-9-13(6-7-16-14)18-10-11-4-3-5-12(8-11)17-2/h3-9H,10H2,1-2H3,(H,15,16). The molecule has 0 bridgehead atoms. The fourth-order valence-corrected chi connectivity index (χ4v) is 1.57. The van der Waals surface area contributed by atoms with Crippen LogP contribution in [0, 0.1) is 0 Å². The third kappa shape index (κ3) is 3.13. The van der Waals surface area contributed by atoms with Gasteiger partial charge in [-0.3, -0.25) is 0 Å². The third-order valence-corrected chi connectivity index (χ3v) is 2.53. The molecule has 2 aromatic rings. The van der Waals surface area contributed by atoms with Gasteiger partial charge in [-0.2, -0.15) is 0 Å². The molecule has 1 aromatic carbocycles. The van der Waals surface area contributed by atoms with E-state index in [2.05, 4.69) is 10.3 Å². The van der Waals surface area contributed by atoms with E-state index in [0.717, 1.165) is 22.9 Å². The van der Waals surface area contributed by atoms with Gasteiger partial charge in [-0.25, -0.2) is 4.98 Å². The van der Waals surface area contributed by atoms with Crippen LogP contribution in [0.1, 0.15) is 5.56 Å². The highest BCUT2D eigenvalue weighted by atomic mass is 16.5. The summed E-state index contributed by atoms with van der Waals surface area (Å²) in [5.41, 5.74) is 1.07. The van der Waals surface area contributed by atoms with Crippen molar-refractivity contribution in [1.82, 2.24) is 4.98 Å². The molecule has 4 nitrogen and oxygen atoms in total. The second kappa shape index (κ2) is 5.91. The number of pyridine rings is 1. The van der Waals surface area contributed by atoms with Gasteiger partial charge in [-0.1, -0.05) is 12.1 Å². The van der Waals surface area contributed by atoms with Crippen LogP contribution < -0.4 is 14.8 Å². The van der Waals surface area contributed by atoms with Gasteiger partial charge in [0, 0.05) is 19.3 Å². The molecule has 0 aliphatic rings. The van der Waals surface area contributed by atoms with Crippen molar-refractivity contribution in [3.63, 3.8) is 0 Å². The maximum Gasteiger partial charge on any atom is 0.129 e. The number of aromatic nitrogens is 1. The Morgan fingerprint density at radius 3 is 2.83 bits per heavy atom. The first kappa shape index (κ1) is 12.2. The number of rotatable bonds is 5. The largest absolute Gasteiger partial charge is 0.497 e. The molecule has 0 aliphatic carbocycles. The highest BCUT2D eigenvalue weighted by Gasteiger charge is 1.99. The maximum atomic E-state index is 5.70. The molecular formula is C14H16N2O2. The van der Waals surface area contributed by atoms with E-state index in [1.165, 1.54) is 0 Å². The lowest BCUT2D eigenvalue weighted by Gasteiger charge is -2.08. The molecule has 0 unspecified atom stereocenters. The molecule has 0 atom stereocenters. The molecule has 4 heteroatoms. The van der Waals surface area contributed by atoms with E-state index >= 15 is 0 Å². The fraction of sp³-hybridized carbons (Fsp3) is 0.214. The summed E-state index contributed by atoms with van der Waals surface area (Å²) in [6, 6.07) is 11.5. The Hall–Kier alpha value is -2.23. The molecule has 0 aliphatic heterocycles. The maximum absolute atomic E-state index is 5.70. The van der Waals surface area contributed by atoms with Crippen LogP contribution in [0.4, 0.5) is 5.82 Å². The quantitative estimate of drug-likeness (QED) is 0.878. The van der Waals surface area contributed by atoms with Crippen LogP contribution in [0.15, 0.2) is 42.6 Å². The van der Waals surface area contributed by atoms with E-state index in [9.17, 15) is 0 Å². The average Bonchev–Trinajstić information content (AvgIpc) is 2.45. The highest BCUT2D eigenvalue weighted by molar-refractivity contribution is 5.40. The minimum absolute atomic E-state index is 0.504. The first-order valence-electron chi connectivity index (χ1n) is 5.71. The number of ether oxygens (including phenoxy) is 2. The normalized spacial score (nSPS) is 9.89. The van der Waals surface area contributed by atoms with Crippen molar-refractivity contribution in [2.75, 3.05) is 19.5 Å². The van der Waals surface area contributed by atoms with Crippen molar-refractivity contribution in [1.29, 1.82) is 0 Å². The van der Waals surface area contributed by atoms with E-state index < -0.39 is 0 Å². The molecule has 0 fully saturated rings. The Bertz CT molecular complexity index is 467. The number of nitrogens with one attached hydrogen (secondary N) is 1. The third-order valence-electron chi connectivity index (χ3n) is 2.53. The first-order chi connectivity index (χ1) is 8.81. The van der Waals surface area contributed by atoms with Crippen molar-refractivity contribution in [3.8, 4) is 11.5 Å². The van der Waals surface area contributed by atoms with Crippen LogP contribution in [-0.4, -0.2) is 19.1 Å². The zero-order valence-corrected chi connectivity index (χ0v) is 10.5. The SMILES string of the molecule is CNc1cc(OCc2cccc(OC)c2)ccn1. The van der Waals surface area contributed by atoms with Crippen molar-refractivity contribution in [2.24, 2.45) is 0 Å². The zero-order chi connectivity index (χ0) is 12.8. The molecule has 0 saturated carbocycles. The second-order valence-electron chi connectivity index (χ2n) is 3.77. The summed E-state index contributed by atoms with van der Waals surface area (Å²) in [6.07, 6.45) is 1.72. The van der Waals surface area contributed by atoms with E-state index in [1.54, 1.807) is 13.3 Å². The molecule has 1 N–H and O–H groups in total. The molecule has 0 radical (unpaired) electrons. The summed E-state index contributed by atoms with van der Waals surface area (Å²) >= 11 is 0. The van der Waals surface area contributed by atoms with Crippen LogP contribution >= 0.6 is 0 Å². The van der Waals surface area contributed by atoms with E-state index in [0.29, 0.717) is 6.61 Å². The number of nitrogens with zero attached hydrogens (tertiary/aromatic N) is 1. The molecule has 18 heavy (non-hydrogen) atoms. The predicted molar refractivity (Wildman–Crippen MR) is 71.1 cm³/mol. The Labute approximate surface area is 107 Å². The lowest BCUT2D eigenvalue weighted by atomic mass is 10.2. The second-order valence-corrected chi connectivity index (χ2v) is 3.77. The van der Waals surface area contributed by atoms with Gasteiger partial charge in [0.25, 0.3) is 0 Å². The summed E-state index contributed by atoms with van der Waals surface area (Å²) in [5.74, 6) is 2.41. The van der Waals surface area contributed by atoms with Gasteiger partial charge in [0.15, 0.2) is 0 Å². The molecule has 1 aromatic heterocycles. The highest BCUT2D eigenvalue weighted by Crippen LogP contribution is 2.17. The van der Waals surface area contributed by atoms with Gasteiger partial charge >= 0.3 is 0 Å². The van der Waals surface area contributed by atoms with Crippen LogP contribution in [0.2, 0.25) is 0 Å². The van der Waals surface area contributed by atoms with Crippen molar-refractivity contribution in [3.05, 3.63) is 48.2 Å². The van der Waals surface area contributed by atoms with E-state index in [4.69, 9.17) is 9.47 Å². The van der Waals surface area contributed by atoms with Crippen LogP contribution in [0.3, 0.4) is 0 Å². The van der Waals surface area contributed by atoms with Gasteiger partial charge in [-0.05, 0) is 23.8 Å². The average molecular weight is 244 g/mol. The van der Waals surface area contributed by atoms with E-state index in [1.807, 2.05) is 43.4 Å². The minimum Gasteiger partial charge on any atom is -0.497 e. The number of benzene rings is 1. The molecule has 0 spiro atoms. The van der Waals surface area contributed by atoms with Crippen molar-refractivity contribution in [2.45, 2.75) is 6.61 Å². The lowest BCUT2D eigenvalue weighted by molar-refractivity contribution is 0.305. The molecule has 94 valence electrons. The zero-order valence-electron chi connectivity index (χ0n) is 10.5. The number of methoxy groups -OCH3 is 1. The van der Waals surface area contributed by atoms with Gasteiger partial charge in [0.05, 0.1) is 7.11 Å². The molecular weight excluding hydrogens is 228 g/mol. The lowest BCUT2D eigenvalue weighted by Crippen LogP contribution is -1.98. The number of hydrogen-bond acceptors (Lipinski definition) is 4. The molecule has 1 heterocycles. The van der Waals surface area contributed by atoms with Crippen LogP contribution in [-0.2, 0) is 6.61 Å². The fourth-order valence-electron chi connectivity index (χ4n) is 1.57. The Morgan fingerprint density at radius 2 is 2.06 bits per heavy atom. The first-order valence-corrected chi connectivity index (χ1v) is 5.71. The summed E-state index contributed by atoms with van der Waals surface area (Å²) in [5, 5.41) is 2.97. The van der Waals surface area contributed by atoms with Crippen LogP contribution in [0.5, 0.6) is 11.5 Å². The monoisotopic (exact) mass is 244 g/mol. The topological polar surface area (TPSA) is 43.4 Å². The van der Waals surface area contributed by atoms with Crippen molar-refractivity contribution >= 4 is 5.82 Å². The number of hydrogen-bond donors (Lipinski definition) is 1. The molecule has 2 rings (SSSR count). The smallest absolute Gasteiger partial charge is 0.129 e. The Kier molecular flexibility index (Phi) is 4.02. The predicted octanol–water partition coefficient (Wildman–Crippen LogP) is 2.71. The van der Waals surface area contributed by atoms with Gasteiger partial charge in [0.1, 0.15) is 23.9 Å². The summed E-state index contributed by atoms with van der Waals surface area (Å²) in [7, 11) is 3.48. The summed E-state index contributed by atoms with van der Waals surface area (Å²) in [4.78, 5) is 4.13. The van der Waals surface area contributed by atoms with Crippen LogP contribution in [0.25, 0.3) is 0 Å². The van der Waals surface area contributed by atoms with Gasteiger partial charge in [-0.15, -0.1) is 0 Å². The summed E-state index contributed by atoms with van der Waals surface area (Å²) < 4.78 is 10.9. The minimum atomic E-state index is 0.504. The molecule has 0 amide bonds.